The Morgan fingerprint density at radius 3 is 2.50 bits per heavy atom. The van der Waals surface area contributed by atoms with E-state index in [2.05, 4.69) is 5.92 Å². The first-order valence-corrected chi connectivity index (χ1v) is 3.48. The molecule has 0 saturated heterocycles. The van der Waals surface area contributed by atoms with Gasteiger partial charge in [-0.25, -0.2) is 0 Å². The van der Waals surface area contributed by atoms with E-state index < -0.39 is 5.97 Å². The fraction of sp³-hybridized carbons (Fsp3) is 0.500. The van der Waals surface area contributed by atoms with Crippen LogP contribution in [0.1, 0.15) is 13.3 Å². The first kappa shape index (κ1) is 10.5. The minimum absolute atomic E-state index is 0.0682. The second kappa shape index (κ2) is 5.19. The van der Waals surface area contributed by atoms with Crippen LogP contribution in [0.2, 0.25) is 0 Å². The van der Waals surface area contributed by atoms with Crippen molar-refractivity contribution in [2.45, 2.75) is 13.3 Å². The molecule has 0 aromatic rings. The van der Waals surface area contributed by atoms with Crippen molar-refractivity contribution >= 4 is 11.9 Å². The molecule has 0 spiro atoms. The Balaban J connectivity index is 3.89. The Morgan fingerprint density at radius 2 is 2.17 bits per heavy atom. The molecule has 0 unspecified atom stereocenters. The number of carbonyl (C=O) groups is 2. The molecule has 0 bridgehead atoms. The van der Waals surface area contributed by atoms with Crippen molar-refractivity contribution in [3.8, 4) is 12.3 Å². The van der Waals surface area contributed by atoms with Crippen LogP contribution in [0.25, 0.3) is 0 Å². The Hall–Kier alpha value is -1.50. The number of amides is 1. The molecule has 0 saturated carbocycles. The summed E-state index contributed by atoms with van der Waals surface area (Å²) in [6.07, 6.45) is 4.91. The van der Waals surface area contributed by atoms with Gasteiger partial charge in [0.25, 0.3) is 0 Å². The monoisotopic (exact) mass is 169 g/mol. The Kier molecular flexibility index (Phi) is 4.54. The van der Waals surface area contributed by atoms with Gasteiger partial charge < -0.3 is 10.0 Å². The third-order valence-electron chi connectivity index (χ3n) is 1.32. The van der Waals surface area contributed by atoms with E-state index in [1.54, 1.807) is 0 Å². The molecule has 0 radical (unpaired) electrons. The first-order valence-electron chi connectivity index (χ1n) is 3.48. The number of carboxylic acid groups (broad SMARTS) is 1. The lowest BCUT2D eigenvalue weighted by Gasteiger charge is -2.16. The molecule has 0 aliphatic heterocycles. The van der Waals surface area contributed by atoms with E-state index in [0.29, 0.717) is 0 Å². The minimum Gasteiger partial charge on any atom is -0.481 e. The highest BCUT2D eigenvalue weighted by Crippen LogP contribution is 1.91. The van der Waals surface area contributed by atoms with Crippen molar-refractivity contribution in [2.24, 2.45) is 0 Å². The predicted molar refractivity (Wildman–Crippen MR) is 43.3 cm³/mol. The average Bonchev–Trinajstić information content (AvgIpc) is 1.96. The molecule has 0 aromatic heterocycles. The van der Waals surface area contributed by atoms with Gasteiger partial charge in [-0.05, 0) is 0 Å². The molecule has 66 valence electrons. The summed E-state index contributed by atoms with van der Waals surface area (Å²) in [5, 5.41) is 8.32. The van der Waals surface area contributed by atoms with Crippen molar-refractivity contribution in [1.29, 1.82) is 0 Å². The lowest BCUT2D eigenvalue weighted by atomic mass is 10.3. The number of terminal acetylenes is 1. The zero-order valence-electron chi connectivity index (χ0n) is 6.91. The molecule has 4 heteroatoms. The fourth-order valence-electron chi connectivity index (χ4n) is 0.689. The van der Waals surface area contributed by atoms with Gasteiger partial charge in [0.2, 0.25) is 5.91 Å². The highest BCUT2D eigenvalue weighted by molar-refractivity contribution is 5.74. The van der Waals surface area contributed by atoms with E-state index in [9.17, 15) is 9.59 Å². The Bertz CT molecular complexity index is 217. The summed E-state index contributed by atoms with van der Waals surface area (Å²) in [7, 11) is 0. The maximum absolute atomic E-state index is 10.8. The van der Waals surface area contributed by atoms with E-state index in [4.69, 9.17) is 11.5 Å². The molecule has 4 nitrogen and oxygen atoms in total. The molecular formula is C8H11NO3. The molecule has 0 aliphatic carbocycles. The van der Waals surface area contributed by atoms with Gasteiger partial charge in [0.1, 0.15) is 0 Å². The van der Waals surface area contributed by atoms with Gasteiger partial charge in [-0.3, -0.25) is 9.59 Å². The minimum atomic E-state index is -0.932. The lowest BCUT2D eigenvalue weighted by Crippen LogP contribution is -2.31. The second-order valence-corrected chi connectivity index (χ2v) is 2.29. The van der Waals surface area contributed by atoms with E-state index in [0.717, 1.165) is 0 Å². The van der Waals surface area contributed by atoms with Gasteiger partial charge in [-0.15, -0.1) is 6.42 Å². The molecule has 1 N–H and O–H groups in total. The van der Waals surface area contributed by atoms with Crippen molar-refractivity contribution in [2.75, 3.05) is 13.1 Å². The quantitative estimate of drug-likeness (QED) is 0.600. The molecule has 1 amide bonds. The Morgan fingerprint density at radius 1 is 1.58 bits per heavy atom. The van der Waals surface area contributed by atoms with Crippen LogP contribution in [0, 0.1) is 12.3 Å². The van der Waals surface area contributed by atoms with Crippen LogP contribution in [0.4, 0.5) is 0 Å². The summed E-state index contributed by atoms with van der Waals surface area (Å²) in [6, 6.07) is 0. The highest BCUT2D eigenvalue weighted by atomic mass is 16.4. The summed E-state index contributed by atoms with van der Waals surface area (Å²) < 4.78 is 0. The first-order chi connectivity index (χ1) is 5.57. The normalized spacial score (nSPS) is 8.67. The van der Waals surface area contributed by atoms with Gasteiger partial charge >= 0.3 is 5.97 Å². The number of carboxylic acids is 1. The summed E-state index contributed by atoms with van der Waals surface area (Å²) in [5.74, 6) is 1.15. The lowest BCUT2D eigenvalue weighted by molar-refractivity contribution is -0.138. The summed E-state index contributed by atoms with van der Waals surface area (Å²) >= 11 is 0. The fourth-order valence-corrected chi connectivity index (χ4v) is 0.689. The second-order valence-electron chi connectivity index (χ2n) is 2.29. The van der Waals surface area contributed by atoms with Crippen LogP contribution in [0.3, 0.4) is 0 Å². The summed E-state index contributed by atoms with van der Waals surface area (Å²) in [6.45, 7) is 1.71. The van der Waals surface area contributed by atoms with Crippen LogP contribution in [-0.2, 0) is 9.59 Å². The molecule has 0 heterocycles. The smallest absolute Gasteiger partial charge is 0.305 e. The standard InChI is InChI=1S/C8H11NO3/c1-3-5-9(7(2)10)6-4-8(11)12/h1H,4-6H2,2H3,(H,11,12). The van der Waals surface area contributed by atoms with Crippen molar-refractivity contribution in [3.05, 3.63) is 0 Å². The van der Waals surface area contributed by atoms with Crippen molar-refractivity contribution < 1.29 is 14.7 Å². The van der Waals surface area contributed by atoms with Gasteiger partial charge in [-0.2, -0.15) is 0 Å². The number of hydrogen-bond donors (Lipinski definition) is 1. The van der Waals surface area contributed by atoms with Crippen LogP contribution in [0.15, 0.2) is 0 Å². The zero-order chi connectivity index (χ0) is 9.56. The van der Waals surface area contributed by atoms with Gasteiger partial charge in [0.05, 0.1) is 13.0 Å². The third kappa shape index (κ3) is 4.34. The molecule has 0 atom stereocenters. The number of rotatable bonds is 4. The summed E-state index contributed by atoms with van der Waals surface area (Å²) in [4.78, 5) is 22.2. The van der Waals surface area contributed by atoms with E-state index >= 15 is 0 Å². The number of carbonyl (C=O) groups excluding carboxylic acids is 1. The van der Waals surface area contributed by atoms with Gasteiger partial charge in [-0.1, -0.05) is 5.92 Å². The number of hydrogen-bond acceptors (Lipinski definition) is 2. The topological polar surface area (TPSA) is 57.6 Å². The molecule has 0 rings (SSSR count). The van der Waals surface area contributed by atoms with Crippen LogP contribution < -0.4 is 0 Å². The molecule has 0 fully saturated rings. The molecule has 0 aliphatic rings. The maximum atomic E-state index is 10.8. The molecule has 0 aromatic carbocycles. The van der Waals surface area contributed by atoms with Crippen molar-refractivity contribution in [1.82, 2.24) is 4.90 Å². The van der Waals surface area contributed by atoms with E-state index in [1.807, 2.05) is 0 Å². The summed E-state index contributed by atoms with van der Waals surface area (Å²) in [5.41, 5.74) is 0. The third-order valence-corrected chi connectivity index (χ3v) is 1.32. The molecule has 12 heavy (non-hydrogen) atoms. The van der Waals surface area contributed by atoms with Gasteiger partial charge in [0, 0.05) is 13.5 Å². The number of nitrogens with zero attached hydrogens (tertiary/aromatic N) is 1. The predicted octanol–water partition coefficient (Wildman–Crippen LogP) is -0.0572. The SMILES string of the molecule is C#CCN(CCC(=O)O)C(C)=O. The molecular weight excluding hydrogens is 158 g/mol. The largest absolute Gasteiger partial charge is 0.481 e. The number of aliphatic carboxylic acids is 1. The zero-order valence-corrected chi connectivity index (χ0v) is 6.91. The highest BCUT2D eigenvalue weighted by Gasteiger charge is 2.08. The maximum Gasteiger partial charge on any atom is 0.305 e. The average molecular weight is 169 g/mol. The Labute approximate surface area is 71.2 Å². The van der Waals surface area contributed by atoms with E-state index in [-0.39, 0.29) is 25.4 Å². The van der Waals surface area contributed by atoms with Crippen LogP contribution in [0.5, 0.6) is 0 Å². The van der Waals surface area contributed by atoms with Crippen LogP contribution >= 0.6 is 0 Å². The van der Waals surface area contributed by atoms with E-state index in [1.165, 1.54) is 11.8 Å². The van der Waals surface area contributed by atoms with Gasteiger partial charge in [0.15, 0.2) is 0 Å². The van der Waals surface area contributed by atoms with Crippen LogP contribution in [-0.4, -0.2) is 35.0 Å². The van der Waals surface area contributed by atoms with Crippen molar-refractivity contribution in [3.63, 3.8) is 0 Å².